The normalized spacial score (nSPS) is 12.4. The molecule has 0 aliphatic heterocycles. The molecule has 2 aromatic carbocycles. The van der Waals surface area contributed by atoms with Gasteiger partial charge < -0.3 is 10.1 Å². The highest BCUT2D eigenvalue weighted by molar-refractivity contribution is 5.30. The molecule has 2 aromatic rings. The molecule has 0 spiro atoms. The molecule has 0 radical (unpaired) electrons. The van der Waals surface area contributed by atoms with Crippen LogP contribution < -0.4 is 10.1 Å². The fourth-order valence-electron chi connectivity index (χ4n) is 2.54. The van der Waals surface area contributed by atoms with Gasteiger partial charge in [-0.05, 0) is 50.6 Å². The van der Waals surface area contributed by atoms with Crippen molar-refractivity contribution in [2.75, 3.05) is 13.6 Å². The van der Waals surface area contributed by atoms with E-state index in [1.54, 1.807) is 0 Å². The van der Waals surface area contributed by atoms with Crippen molar-refractivity contribution in [1.29, 1.82) is 0 Å². The van der Waals surface area contributed by atoms with Crippen LogP contribution in [0.4, 0.5) is 0 Å². The Balaban J connectivity index is 2.06. The quantitative estimate of drug-likeness (QED) is 0.828. The third-order valence-electron chi connectivity index (χ3n) is 3.50. The number of ether oxygens (including phenoxy) is 1. The summed E-state index contributed by atoms with van der Waals surface area (Å²) in [4.78, 5) is 0. The van der Waals surface area contributed by atoms with Crippen molar-refractivity contribution in [3.8, 4) is 5.75 Å². The summed E-state index contributed by atoms with van der Waals surface area (Å²) >= 11 is 0. The smallest absolute Gasteiger partial charge is 0.119 e. The molecule has 0 saturated carbocycles. The zero-order valence-electron chi connectivity index (χ0n) is 13.2. The van der Waals surface area contributed by atoms with Crippen LogP contribution in [0.15, 0.2) is 54.6 Å². The minimum atomic E-state index is 0.220. The minimum Gasteiger partial charge on any atom is -0.491 e. The van der Waals surface area contributed by atoms with Gasteiger partial charge in [-0.3, -0.25) is 0 Å². The fourth-order valence-corrected chi connectivity index (χ4v) is 2.54. The summed E-state index contributed by atoms with van der Waals surface area (Å²) in [5, 5.41) is 3.30. The number of nitrogens with one attached hydrogen (secondary N) is 1. The largest absolute Gasteiger partial charge is 0.491 e. The van der Waals surface area contributed by atoms with Crippen LogP contribution in [0.5, 0.6) is 5.75 Å². The van der Waals surface area contributed by atoms with Gasteiger partial charge in [0.05, 0.1) is 6.10 Å². The second kappa shape index (κ2) is 7.84. The lowest BCUT2D eigenvalue weighted by Gasteiger charge is -2.17. The van der Waals surface area contributed by atoms with E-state index in [1.807, 2.05) is 20.9 Å². The van der Waals surface area contributed by atoms with Gasteiger partial charge in [0.25, 0.3) is 0 Å². The predicted molar refractivity (Wildman–Crippen MR) is 89.0 cm³/mol. The molecule has 0 heterocycles. The first-order valence-electron chi connectivity index (χ1n) is 7.64. The third-order valence-corrected chi connectivity index (χ3v) is 3.50. The summed E-state index contributed by atoms with van der Waals surface area (Å²) in [6.07, 6.45) is 1.25. The summed E-state index contributed by atoms with van der Waals surface area (Å²) < 4.78 is 5.69. The van der Waals surface area contributed by atoms with Crippen molar-refractivity contribution < 1.29 is 4.74 Å². The molecule has 2 heteroatoms. The Kier molecular flexibility index (Phi) is 5.82. The summed E-state index contributed by atoms with van der Waals surface area (Å²) in [5.74, 6) is 1.44. The zero-order chi connectivity index (χ0) is 15.1. The maximum Gasteiger partial charge on any atom is 0.119 e. The van der Waals surface area contributed by atoms with Crippen molar-refractivity contribution in [2.45, 2.75) is 32.3 Å². The van der Waals surface area contributed by atoms with Crippen LogP contribution in [0.2, 0.25) is 0 Å². The predicted octanol–water partition coefficient (Wildman–Crippen LogP) is 4.02. The zero-order valence-corrected chi connectivity index (χ0v) is 13.2. The van der Waals surface area contributed by atoms with Crippen molar-refractivity contribution in [3.63, 3.8) is 0 Å². The van der Waals surface area contributed by atoms with Crippen molar-refractivity contribution >= 4 is 0 Å². The maximum atomic E-state index is 5.69. The van der Waals surface area contributed by atoms with Gasteiger partial charge in [0.2, 0.25) is 0 Å². The van der Waals surface area contributed by atoms with E-state index in [4.69, 9.17) is 4.74 Å². The summed E-state index contributed by atoms with van der Waals surface area (Å²) in [6.45, 7) is 5.08. The van der Waals surface area contributed by atoms with E-state index in [0.29, 0.717) is 5.92 Å². The molecule has 2 rings (SSSR count). The van der Waals surface area contributed by atoms with Gasteiger partial charge in [0.1, 0.15) is 5.75 Å². The Hall–Kier alpha value is -1.80. The van der Waals surface area contributed by atoms with E-state index >= 15 is 0 Å². The van der Waals surface area contributed by atoms with E-state index in [1.165, 1.54) is 11.1 Å². The van der Waals surface area contributed by atoms with Crippen molar-refractivity contribution in [1.82, 2.24) is 5.32 Å². The lowest BCUT2D eigenvalue weighted by atomic mass is 9.92. The molecule has 1 atom stereocenters. The van der Waals surface area contributed by atoms with Crippen molar-refractivity contribution in [2.24, 2.45) is 0 Å². The Labute approximate surface area is 128 Å². The fraction of sp³-hybridized carbons (Fsp3) is 0.368. The van der Waals surface area contributed by atoms with Gasteiger partial charge in [-0.1, -0.05) is 42.5 Å². The maximum absolute atomic E-state index is 5.69. The molecule has 2 nitrogen and oxygen atoms in total. The van der Waals surface area contributed by atoms with E-state index in [9.17, 15) is 0 Å². The summed E-state index contributed by atoms with van der Waals surface area (Å²) in [7, 11) is 2.01. The van der Waals surface area contributed by atoms with Crippen LogP contribution in [0.1, 0.15) is 30.9 Å². The van der Waals surface area contributed by atoms with E-state index in [2.05, 4.69) is 59.9 Å². The second-order valence-electron chi connectivity index (χ2n) is 5.68. The van der Waals surface area contributed by atoms with Crippen LogP contribution in [0, 0.1) is 0 Å². The highest BCUT2D eigenvalue weighted by atomic mass is 16.5. The molecule has 0 amide bonds. The molecule has 0 aliphatic carbocycles. The van der Waals surface area contributed by atoms with E-state index in [-0.39, 0.29) is 6.10 Å². The molecule has 0 bridgehead atoms. The Morgan fingerprint density at radius 3 is 2.19 bits per heavy atom. The average Bonchev–Trinajstić information content (AvgIpc) is 2.49. The molecule has 0 saturated heterocycles. The molecule has 0 aromatic heterocycles. The van der Waals surface area contributed by atoms with E-state index in [0.717, 1.165) is 18.7 Å². The molecule has 1 N–H and O–H groups in total. The number of hydrogen-bond donors (Lipinski definition) is 1. The van der Waals surface area contributed by atoms with Gasteiger partial charge in [0, 0.05) is 12.5 Å². The van der Waals surface area contributed by atoms with Crippen LogP contribution in [0.25, 0.3) is 0 Å². The SMILES string of the molecule is CNCC(Cc1ccc(OC(C)C)cc1)c1ccccc1. The molecule has 0 fully saturated rings. The first-order valence-corrected chi connectivity index (χ1v) is 7.64. The first-order chi connectivity index (χ1) is 10.2. The van der Waals surface area contributed by atoms with Gasteiger partial charge in [-0.2, -0.15) is 0 Å². The highest BCUT2D eigenvalue weighted by Crippen LogP contribution is 2.22. The first kappa shape index (κ1) is 15.6. The molecule has 0 aliphatic rings. The van der Waals surface area contributed by atoms with Crippen LogP contribution >= 0.6 is 0 Å². The van der Waals surface area contributed by atoms with Crippen LogP contribution in [-0.4, -0.2) is 19.7 Å². The molecule has 1 unspecified atom stereocenters. The topological polar surface area (TPSA) is 21.3 Å². The number of hydrogen-bond acceptors (Lipinski definition) is 2. The number of benzene rings is 2. The Morgan fingerprint density at radius 1 is 0.952 bits per heavy atom. The lowest BCUT2D eigenvalue weighted by Crippen LogP contribution is -2.19. The lowest BCUT2D eigenvalue weighted by molar-refractivity contribution is 0.242. The second-order valence-corrected chi connectivity index (χ2v) is 5.68. The minimum absolute atomic E-state index is 0.220. The van der Waals surface area contributed by atoms with Gasteiger partial charge in [-0.15, -0.1) is 0 Å². The Morgan fingerprint density at radius 2 is 1.62 bits per heavy atom. The third kappa shape index (κ3) is 4.91. The van der Waals surface area contributed by atoms with Gasteiger partial charge >= 0.3 is 0 Å². The number of rotatable bonds is 7. The van der Waals surface area contributed by atoms with Gasteiger partial charge in [-0.25, -0.2) is 0 Å². The van der Waals surface area contributed by atoms with Crippen molar-refractivity contribution in [3.05, 3.63) is 65.7 Å². The monoisotopic (exact) mass is 283 g/mol. The number of likely N-dealkylation sites (N-methyl/N-ethyl adjacent to an activating group) is 1. The van der Waals surface area contributed by atoms with Crippen LogP contribution in [-0.2, 0) is 6.42 Å². The molecular formula is C19H25NO. The molecular weight excluding hydrogens is 258 g/mol. The summed E-state index contributed by atoms with van der Waals surface area (Å²) in [6, 6.07) is 19.2. The van der Waals surface area contributed by atoms with E-state index < -0.39 is 0 Å². The average molecular weight is 283 g/mol. The highest BCUT2D eigenvalue weighted by Gasteiger charge is 2.11. The van der Waals surface area contributed by atoms with Crippen LogP contribution in [0.3, 0.4) is 0 Å². The molecule has 112 valence electrons. The standard InChI is InChI=1S/C19H25NO/c1-15(2)21-19-11-9-16(10-12-19)13-18(14-20-3)17-7-5-4-6-8-17/h4-12,15,18,20H,13-14H2,1-3H3. The molecule has 21 heavy (non-hydrogen) atoms. The van der Waals surface area contributed by atoms with Gasteiger partial charge in [0.15, 0.2) is 0 Å². The Bertz CT molecular complexity index is 519. The summed E-state index contributed by atoms with van der Waals surface area (Å²) in [5.41, 5.74) is 2.73.